The molecule has 1 aliphatic heterocycles. The second kappa shape index (κ2) is 4.00. The highest BCUT2D eigenvalue weighted by atomic mass is 16.4. The summed E-state index contributed by atoms with van der Waals surface area (Å²) in [5.41, 5.74) is 0. The molecule has 2 fully saturated rings. The Balaban J connectivity index is 2.07. The van der Waals surface area contributed by atoms with Crippen LogP contribution in [0.5, 0.6) is 0 Å². The molecule has 4 nitrogen and oxygen atoms in total. The molecule has 1 N–H and O–H groups in total. The van der Waals surface area contributed by atoms with E-state index in [9.17, 15) is 4.79 Å². The summed E-state index contributed by atoms with van der Waals surface area (Å²) < 4.78 is 0. The Bertz CT molecular complexity index is 255. The highest BCUT2D eigenvalue weighted by Crippen LogP contribution is 2.37. The number of hydrogen-bond donors (Lipinski definition) is 1. The van der Waals surface area contributed by atoms with Crippen LogP contribution in [0.1, 0.15) is 19.3 Å². The van der Waals surface area contributed by atoms with Crippen molar-refractivity contribution in [3.05, 3.63) is 0 Å². The standard InChI is InChI=1S/C11H20N2O2/c1-12(2)10-5-3-4-8-6-13(11(14)15)7-9(8)10/h8-10H,3-7H2,1-2H3,(H,14,15)/t8-,9+,10-/m1/s1. The van der Waals surface area contributed by atoms with Gasteiger partial charge in [0.1, 0.15) is 0 Å². The topological polar surface area (TPSA) is 43.8 Å². The molecule has 1 heterocycles. The zero-order valence-electron chi connectivity index (χ0n) is 9.52. The van der Waals surface area contributed by atoms with E-state index in [1.54, 1.807) is 4.90 Å². The zero-order valence-corrected chi connectivity index (χ0v) is 9.52. The molecule has 1 saturated heterocycles. The average Bonchev–Trinajstić information content (AvgIpc) is 2.60. The lowest BCUT2D eigenvalue weighted by Crippen LogP contribution is -2.41. The predicted molar refractivity (Wildman–Crippen MR) is 57.9 cm³/mol. The first-order valence-electron chi connectivity index (χ1n) is 5.74. The van der Waals surface area contributed by atoms with Gasteiger partial charge in [-0.25, -0.2) is 4.79 Å². The van der Waals surface area contributed by atoms with Crippen LogP contribution in [-0.4, -0.2) is 54.2 Å². The number of carbonyl (C=O) groups is 1. The molecular formula is C11H20N2O2. The Kier molecular flexibility index (Phi) is 2.87. The van der Waals surface area contributed by atoms with Gasteiger partial charge in [-0.3, -0.25) is 0 Å². The molecule has 0 bridgehead atoms. The molecule has 2 rings (SSSR count). The number of likely N-dealkylation sites (tertiary alicyclic amines) is 1. The summed E-state index contributed by atoms with van der Waals surface area (Å²) in [4.78, 5) is 14.8. The van der Waals surface area contributed by atoms with Crippen molar-refractivity contribution >= 4 is 6.09 Å². The highest BCUT2D eigenvalue weighted by Gasteiger charge is 2.42. The molecule has 2 aliphatic rings. The largest absolute Gasteiger partial charge is 0.465 e. The molecule has 0 radical (unpaired) electrons. The van der Waals surface area contributed by atoms with Gasteiger partial charge in [0.15, 0.2) is 0 Å². The third-order valence-corrected chi connectivity index (χ3v) is 3.99. The van der Waals surface area contributed by atoms with E-state index >= 15 is 0 Å². The number of nitrogens with zero attached hydrogens (tertiary/aromatic N) is 2. The summed E-state index contributed by atoms with van der Waals surface area (Å²) in [5.74, 6) is 1.16. The lowest BCUT2D eigenvalue weighted by atomic mass is 9.77. The van der Waals surface area contributed by atoms with Crippen LogP contribution in [0, 0.1) is 11.8 Å². The van der Waals surface area contributed by atoms with E-state index in [1.807, 2.05) is 0 Å². The molecule has 0 aromatic heterocycles. The van der Waals surface area contributed by atoms with Gasteiger partial charge in [0.2, 0.25) is 0 Å². The van der Waals surface area contributed by atoms with Gasteiger partial charge in [-0.05, 0) is 38.8 Å². The number of rotatable bonds is 1. The summed E-state index contributed by atoms with van der Waals surface area (Å²) in [6.07, 6.45) is 2.93. The van der Waals surface area contributed by atoms with Crippen LogP contribution in [0.25, 0.3) is 0 Å². The Morgan fingerprint density at radius 3 is 2.67 bits per heavy atom. The van der Waals surface area contributed by atoms with E-state index in [0.29, 0.717) is 17.9 Å². The predicted octanol–water partition coefficient (Wildman–Crippen LogP) is 1.33. The average molecular weight is 212 g/mol. The minimum atomic E-state index is -0.748. The Morgan fingerprint density at radius 2 is 2.07 bits per heavy atom. The minimum Gasteiger partial charge on any atom is -0.465 e. The number of fused-ring (bicyclic) bond motifs is 1. The van der Waals surface area contributed by atoms with Gasteiger partial charge in [0.25, 0.3) is 0 Å². The molecule has 3 atom stereocenters. The third kappa shape index (κ3) is 1.95. The molecule has 0 spiro atoms. The molecule has 0 aromatic rings. The Hall–Kier alpha value is -0.770. The smallest absolute Gasteiger partial charge is 0.407 e. The quantitative estimate of drug-likeness (QED) is 0.713. The number of hydrogen-bond acceptors (Lipinski definition) is 2. The van der Waals surface area contributed by atoms with Crippen molar-refractivity contribution in [1.29, 1.82) is 0 Å². The number of carboxylic acid groups (broad SMARTS) is 1. The van der Waals surface area contributed by atoms with E-state index in [2.05, 4.69) is 19.0 Å². The van der Waals surface area contributed by atoms with E-state index in [4.69, 9.17) is 5.11 Å². The van der Waals surface area contributed by atoms with Gasteiger partial charge < -0.3 is 14.9 Å². The van der Waals surface area contributed by atoms with Crippen molar-refractivity contribution in [3.63, 3.8) is 0 Å². The van der Waals surface area contributed by atoms with Crippen LogP contribution in [0.3, 0.4) is 0 Å². The molecule has 0 unspecified atom stereocenters. The van der Waals surface area contributed by atoms with E-state index < -0.39 is 6.09 Å². The second-order valence-corrected chi connectivity index (χ2v) is 5.07. The normalized spacial score (nSPS) is 35.7. The number of amides is 1. The maximum atomic E-state index is 10.9. The first kappa shape index (κ1) is 10.7. The van der Waals surface area contributed by atoms with E-state index in [1.165, 1.54) is 19.3 Å². The van der Waals surface area contributed by atoms with Gasteiger partial charge in [-0.1, -0.05) is 6.42 Å². The summed E-state index contributed by atoms with van der Waals surface area (Å²) >= 11 is 0. The van der Waals surface area contributed by atoms with Crippen LogP contribution >= 0.6 is 0 Å². The molecular weight excluding hydrogens is 192 g/mol. The van der Waals surface area contributed by atoms with Crippen molar-refractivity contribution in [2.75, 3.05) is 27.2 Å². The van der Waals surface area contributed by atoms with Gasteiger partial charge in [0.05, 0.1) is 0 Å². The van der Waals surface area contributed by atoms with E-state index in [0.717, 1.165) is 13.1 Å². The summed E-state index contributed by atoms with van der Waals surface area (Å²) in [6.45, 7) is 1.49. The van der Waals surface area contributed by atoms with Crippen LogP contribution in [-0.2, 0) is 0 Å². The third-order valence-electron chi connectivity index (χ3n) is 3.99. The zero-order chi connectivity index (χ0) is 11.0. The van der Waals surface area contributed by atoms with Crippen molar-refractivity contribution in [3.8, 4) is 0 Å². The van der Waals surface area contributed by atoms with Gasteiger partial charge in [-0.2, -0.15) is 0 Å². The fraction of sp³-hybridized carbons (Fsp3) is 0.909. The monoisotopic (exact) mass is 212 g/mol. The summed E-state index contributed by atoms with van der Waals surface area (Å²) in [5, 5.41) is 9.00. The maximum absolute atomic E-state index is 10.9. The first-order chi connectivity index (χ1) is 7.09. The van der Waals surface area contributed by atoms with Gasteiger partial charge >= 0.3 is 6.09 Å². The molecule has 1 amide bonds. The SMILES string of the molecule is CN(C)[C@@H]1CCC[C@@H]2CN(C(=O)O)C[C@@H]21. The highest BCUT2D eigenvalue weighted by molar-refractivity contribution is 5.65. The van der Waals surface area contributed by atoms with Gasteiger partial charge in [-0.15, -0.1) is 0 Å². The van der Waals surface area contributed by atoms with Crippen LogP contribution < -0.4 is 0 Å². The lowest BCUT2D eigenvalue weighted by molar-refractivity contribution is 0.130. The molecule has 86 valence electrons. The molecule has 0 aromatic carbocycles. The lowest BCUT2D eigenvalue weighted by Gasteiger charge is -2.37. The van der Waals surface area contributed by atoms with Crippen molar-refractivity contribution in [1.82, 2.24) is 9.80 Å². The fourth-order valence-corrected chi connectivity index (χ4v) is 3.24. The Morgan fingerprint density at radius 1 is 1.33 bits per heavy atom. The minimum absolute atomic E-state index is 0.560. The van der Waals surface area contributed by atoms with Crippen molar-refractivity contribution in [2.24, 2.45) is 11.8 Å². The van der Waals surface area contributed by atoms with Crippen LogP contribution in [0.4, 0.5) is 4.79 Å². The van der Waals surface area contributed by atoms with Crippen LogP contribution in [0.15, 0.2) is 0 Å². The van der Waals surface area contributed by atoms with Crippen molar-refractivity contribution < 1.29 is 9.90 Å². The summed E-state index contributed by atoms with van der Waals surface area (Å²) in [7, 11) is 4.22. The fourth-order valence-electron chi connectivity index (χ4n) is 3.24. The second-order valence-electron chi connectivity index (χ2n) is 5.07. The molecule has 1 aliphatic carbocycles. The Labute approximate surface area is 90.9 Å². The first-order valence-corrected chi connectivity index (χ1v) is 5.74. The molecule has 15 heavy (non-hydrogen) atoms. The van der Waals surface area contributed by atoms with E-state index in [-0.39, 0.29) is 0 Å². The van der Waals surface area contributed by atoms with Gasteiger partial charge in [0, 0.05) is 19.1 Å². The van der Waals surface area contributed by atoms with Crippen molar-refractivity contribution in [2.45, 2.75) is 25.3 Å². The molecule has 4 heteroatoms. The van der Waals surface area contributed by atoms with Crippen LogP contribution in [0.2, 0.25) is 0 Å². The maximum Gasteiger partial charge on any atom is 0.407 e. The molecule has 1 saturated carbocycles. The summed E-state index contributed by atoms with van der Waals surface area (Å²) in [6, 6.07) is 0.577.